The molecule has 2 unspecified atom stereocenters. The van der Waals surface area contributed by atoms with Crippen molar-refractivity contribution in [3.05, 3.63) is 0 Å². The minimum absolute atomic E-state index is 0.212. The zero-order valence-corrected chi connectivity index (χ0v) is 8.74. The Balaban J connectivity index is 4.28. The van der Waals surface area contributed by atoms with Crippen LogP contribution in [0, 0.1) is 0 Å². The van der Waals surface area contributed by atoms with Crippen LogP contribution in [0.2, 0.25) is 0 Å². The van der Waals surface area contributed by atoms with E-state index in [-0.39, 0.29) is 12.3 Å². The van der Waals surface area contributed by atoms with Gasteiger partial charge >= 0.3 is 0 Å². The molecule has 72 valence electrons. The van der Waals surface area contributed by atoms with E-state index in [1.807, 2.05) is 13.8 Å². The van der Waals surface area contributed by atoms with Gasteiger partial charge in [-0.3, -0.25) is 4.79 Å². The molecule has 0 aromatic heterocycles. The number of hydrogen-bond acceptors (Lipinski definition) is 2. The van der Waals surface area contributed by atoms with Gasteiger partial charge in [0, 0.05) is 0 Å². The minimum atomic E-state index is -0.990. The summed E-state index contributed by atoms with van der Waals surface area (Å²) in [5.74, 6) is -0.374. The van der Waals surface area contributed by atoms with Gasteiger partial charge < -0.3 is 10.3 Å². The van der Waals surface area contributed by atoms with Crippen molar-refractivity contribution in [1.82, 2.24) is 0 Å². The predicted molar refractivity (Wildman–Crippen MR) is 51.2 cm³/mol. The van der Waals surface area contributed by atoms with Crippen LogP contribution in [0.4, 0.5) is 0 Å². The van der Waals surface area contributed by atoms with Gasteiger partial charge in [-0.1, -0.05) is 24.5 Å². The summed E-state index contributed by atoms with van der Waals surface area (Å²) in [5.41, 5.74) is 5.07. The number of carbonyl (C=O) groups is 1. The lowest BCUT2D eigenvalue weighted by molar-refractivity contribution is -0.118. The Bertz CT molecular complexity index is 161. The number of primary amides is 1. The van der Waals surface area contributed by atoms with E-state index in [9.17, 15) is 9.35 Å². The molecule has 2 atom stereocenters. The third-order valence-corrected chi connectivity index (χ3v) is 3.76. The SMILES string of the molecule is CCCC(C)(CC(N)=O)[S+](C)[O-]. The van der Waals surface area contributed by atoms with E-state index in [1.165, 1.54) is 0 Å². The van der Waals surface area contributed by atoms with E-state index in [0.717, 1.165) is 12.8 Å². The molecule has 1 amide bonds. The molecule has 0 fully saturated rings. The van der Waals surface area contributed by atoms with Crippen molar-refractivity contribution in [3.8, 4) is 0 Å². The molecule has 0 spiro atoms. The second-order valence-electron chi connectivity index (χ2n) is 3.30. The maximum Gasteiger partial charge on any atom is 0.222 e. The zero-order valence-electron chi connectivity index (χ0n) is 7.92. The summed E-state index contributed by atoms with van der Waals surface area (Å²) in [5, 5.41) is 0. The summed E-state index contributed by atoms with van der Waals surface area (Å²) >= 11 is -0.990. The molecule has 0 bridgehead atoms. The third-order valence-electron chi connectivity index (χ3n) is 2.02. The van der Waals surface area contributed by atoms with Crippen LogP contribution >= 0.6 is 0 Å². The van der Waals surface area contributed by atoms with E-state index in [0.29, 0.717) is 0 Å². The molecule has 0 aromatic carbocycles. The van der Waals surface area contributed by atoms with E-state index in [2.05, 4.69) is 0 Å². The molecule has 0 aliphatic rings. The second kappa shape index (κ2) is 4.72. The highest BCUT2D eigenvalue weighted by Crippen LogP contribution is 2.25. The Morgan fingerprint density at radius 2 is 2.17 bits per heavy atom. The molecule has 0 saturated heterocycles. The highest BCUT2D eigenvalue weighted by atomic mass is 32.2. The van der Waals surface area contributed by atoms with Crippen molar-refractivity contribution in [1.29, 1.82) is 0 Å². The first kappa shape index (κ1) is 11.8. The first-order valence-electron chi connectivity index (χ1n) is 4.04. The fourth-order valence-electron chi connectivity index (χ4n) is 1.23. The Labute approximate surface area is 76.9 Å². The summed E-state index contributed by atoms with van der Waals surface area (Å²) < 4.78 is 10.9. The summed E-state index contributed by atoms with van der Waals surface area (Å²) in [4.78, 5) is 10.7. The molecule has 0 radical (unpaired) electrons. The number of amides is 1. The normalized spacial score (nSPS) is 18.3. The van der Waals surface area contributed by atoms with Crippen LogP contribution in [0.3, 0.4) is 0 Å². The maximum atomic E-state index is 11.3. The summed E-state index contributed by atoms with van der Waals surface area (Å²) in [6.07, 6.45) is 3.53. The van der Waals surface area contributed by atoms with Crippen molar-refractivity contribution in [2.24, 2.45) is 5.73 Å². The van der Waals surface area contributed by atoms with Crippen molar-refractivity contribution in [3.63, 3.8) is 0 Å². The first-order valence-corrected chi connectivity index (χ1v) is 5.60. The number of carbonyl (C=O) groups excluding carboxylic acids is 1. The Morgan fingerprint density at radius 3 is 2.42 bits per heavy atom. The van der Waals surface area contributed by atoms with Gasteiger partial charge in [0.25, 0.3) is 0 Å². The predicted octanol–water partition coefficient (Wildman–Crippen LogP) is 0.799. The molecule has 0 aliphatic heterocycles. The van der Waals surface area contributed by atoms with Crippen LogP contribution in [-0.2, 0) is 16.0 Å². The molecule has 0 rings (SSSR count). The first-order chi connectivity index (χ1) is 5.42. The third kappa shape index (κ3) is 3.45. The van der Waals surface area contributed by atoms with E-state index >= 15 is 0 Å². The van der Waals surface area contributed by atoms with Crippen LogP contribution in [-0.4, -0.2) is 21.5 Å². The van der Waals surface area contributed by atoms with E-state index in [1.54, 1.807) is 6.26 Å². The zero-order chi connectivity index (χ0) is 9.78. The topological polar surface area (TPSA) is 66.2 Å². The van der Waals surface area contributed by atoms with Gasteiger partial charge in [-0.15, -0.1) is 0 Å². The Morgan fingerprint density at radius 1 is 1.67 bits per heavy atom. The lowest BCUT2D eigenvalue weighted by Crippen LogP contribution is -2.38. The average molecular weight is 191 g/mol. The van der Waals surface area contributed by atoms with Crippen molar-refractivity contribution in [2.75, 3.05) is 6.26 Å². The summed E-state index contributed by atoms with van der Waals surface area (Å²) in [7, 11) is 0. The second-order valence-corrected chi connectivity index (χ2v) is 5.19. The molecular weight excluding hydrogens is 174 g/mol. The number of hydrogen-bond donors (Lipinski definition) is 1. The van der Waals surface area contributed by atoms with E-state index in [4.69, 9.17) is 5.73 Å². The molecule has 3 nitrogen and oxygen atoms in total. The highest BCUT2D eigenvalue weighted by Gasteiger charge is 2.34. The molecule has 0 aliphatic carbocycles. The van der Waals surface area contributed by atoms with Gasteiger partial charge in [-0.2, -0.15) is 0 Å². The maximum absolute atomic E-state index is 11.3. The van der Waals surface area contributed by atoms with Gasteiger partial charge in [0.15, 0.2) is 0 Å². The molecule has 0 heterocycles. The Kier molecular flexibility index (Phi) is 4.63. The van der Waals surface area contributed by atoms with Crippen molar-refractivity contribution < 1.29 is 9.35 Å². The van der Waals surface area contributed by atoms with Gasteiger partial charge in [-0.05, 0) is 13.3 Å². The molecule has 4 heteroatoms. The summed E-state index contributed by atoms with van der Waals surface area (Å²) in [6, 6.07) is 0. The van der Waals surface area contributed by atoms with Crippen LogP contribution in [0.15, 0.2) is 0 Å². The molecule has 12 heavy (non-hydrogen) atoms. The van der Waals surface area contributed by atoms with Gasteiger partial charge in [0.05, 0.1) is 12.7 Å². The minimum Gasteiger partial charge on any atom is -0.616 e. The highest BCUT2D eigenvalue weighted by molar-refractivity contribution is 7.92. The van der Waals surface area contributed by atoms with Crippen LogP contribution in [0.5, 0.6) is 0 Å². The number of rotatable bonds is 5. The monoisotopic (exact) mass is 191 g/mol. The molecular formula is C8H17NO2S. The lowest BCUT2D eigenvalue weighted by Gasteiger charge is -2.28. The van der Waals surface area contributed by atoms with Gasteiger partial charge in [-0.25, -0.2) is 0 Å². The molecule has 0 aromatic rings. The fourth-order valence-corrected chi connectivity index (χ4v) is 2.07. The van der Waals surface area contributed by atoms with Gasteiger partial charge in [0.1, 0.15) is 4.75 Å². The Hall–Kier alpha value is -0.220. The van der Waals surface area contributed by atoms with Gasteiger partial charge in [0.2, 0.25) is 5.91 Å². The van der Waals surface area contributed by atoms with Crippen LogP contribution < -0.4 is 5.73 Å². The van der Waals surface area contributed by atoms with Crippen molar-refractivity contribution >= 4 is 17.1 Å². The van der Waals surface area contributed by atoms with Crippen LogP contribution in [0.25, 0.3) is 0 Å². The largest absolute Gasteiger partial charge is 0.616 e. The summed E-state index contributed by atoms with van der Waals surface area (Å²) in [6.45, 7) is 3.85. The molecule has 0 saturated carbocycles. The quantitative estimate of drug-likeness (QED) is 0.653. The van der Waals surface area contributed by atoms with Crippen LogP contribution in [0.1, 0.15) is 33.1 Å². The lowest BCUT2D eigenvalue weighted by atomic mass is 10.0. The average Bonchev–Trinajstić information content (AvgIpc) is 1.85. The molecule has 2 N–H and O–H groups in total. The smallest absolute Gasteiger partial charge is 0.222 e. The number of nitrogens with two attached hydrogens (primary N) is 1. The van der Waals surface area contributed by atoms with E-state index < -0.39 is 15.9 Å². The van der Waals surface area contributed by atoms with Crippen molar-refractivity contribution in [2.45, 2.75) is 37.9 Å². The fraction of sp³-hybridized carbons (Fsp3) is 0.875. The standard InChI is InChI=1S/C8H17NO2S/c1-4-5-8(2,12(3)11)6-7(9)10/h4-6H2,1-3H3,(H2,9,10).